The Labute approximate surface area is 184 Å². The van der Waals surface area contributed by atoms with Crippen LogP contribution in [0.15, 0.2) is 59.5 Å². The highest BCUT2D eigenvalue weighted by molar-refractivity contribution is 8.26. The van der Waals surface area contributed by atoms with Crippen LogP contribution in [0.25, 0.3) is 6.08 Å². The molecule has 0 spiro atoms. The minimum Gasteiger partial charge on any atom is -0.496 e. The van der Waals surface area contributed by atoms with Gasteiger partial charge in [0.25, 0.3) is 5.91 Å². The number of hydrogen-bond acceptors (Lipinski definition) is 6. The smallest absolute Gasteiger partial charge is 0.266 e. The Bertz CT molecular complexity index is 963. The molecule has 0 bridgehead atoms. The molecule has 1 saturated heterocycles. The molecular formula is C22H22N2O4S2. The zero-order valence-corrected chi connectivity index (χ0v) is 18.0. The largest absolute Gasteiger partial charge is 0.496 e. The van der Waals surface area contributed by atoms with Gasteiger partial charge in [0.15, 0.2) is 0 Å². The number of aliphatic hydroxyl groups excluding tert-OH is 1. The molecule has 30 heavy (non-hydrogen) atoms. The zero-order valence-electron chi connectivity index (χ0n) is 16.4. The van der Waals surface area contributed by atoms with Crippen LogP contribution in [-0.4, -0.2) is 52.4 Å². The van der Waals surface area contributed by atoms with Crippen LogP contribution in [0.1, 0.15) is 11.1 Å². The number of rotatable bonds is 8. The van der Waals surface area contributed by atoms with E-state index < -0.39 is 6.04 Å². The van der Waals surface area contributed by atoms with Crippen LogP contribution in [0, 0.1) is 0 Å². The predicted octanol–water partition coefficient (Wildman–Crippen LogP) is 2.62. The van der Waals surface area contributed by atoms with E-state index in [9.17, 15) is 14.7 Å². The third-order valence-corrected chi connectivity index (χ3v) is 5.89. The van der Waals surface area contributed by atoms with Gasteiger partial charge in [0.2, 0.25) is 5.91 Å². The molecule has 1 fully saturated rings. The van der Waals surface area contributed by atoms with Crippen molar-refractivity contribution >= 4 is 46.2 Å². The van der Waals surface area contributed by atoms with Crippen LogP contribution in [0.3, 0.4) is 0 Å². The molecule has 1 aliphatic heterocycles. The van der Waals surface area contributed by atoms with E-state index in [2.05, 4.69) is 5.32 Å². The van der Waals surface area contributed by atoms with Gasteiger partial charge in [-0.3, -0.25) is 14.5 Å². The summed E-state index contributed by atoms with van der Waals surface area (Å²) in [5.74, 6) is -0.0540. The lowest BCUT2D eigenvalue weighted by atomic mass is 10.1. The first-order valence-electron chi connectivity index (χ1n) is 9.34. The highest BCUT2D eigenvalue weighted by Crippen LogP contribution is 2.34. The summed E-state index contributed by atoms with van der Waals surface area (Å²) in [4.78, 5) is 27.0. The summed E-state index contributed by atoms with van der Waals surface area (Å²) in [6.45, 7) is -0.397. The van der Waals surface area contributed by atoms with E-state index in [0.717, 1.165) is 22.9 Å². The highest BCUT2D eigenvalue weighted by Gasteiger charge is 2.33. The van der Waals surface area contributed by atoms with Gasteiger partial charge in [0, 0.05) is 5.56 Å². The fourth-order valence-corrected chi connectivity index (χ4v) is 4.29. The maximum atomic E-state index is 12.8. The number of hydrogen-bond donors (Lipinski definition) is 2. The van der Waals surface area contributed by atoms with E-state index in [1.54, 1.807) is 13.2 Å². The number of methoxy groups -OCH3 is 1. The summed E-state index contributed by atoms with van der Waals surface area (Å²) in [6, 6.07) is 16.5. The van der Waals surface area contributed by atoms with E-state index in [4.69, 9.17) is 17.0 Å². The molecular weight excluding hydrogens is 420 g/mol. The SMILES string of the molecule is COc1ccccc1C=C1SC(=S)N(CC(=O)NC(CO)Cc2ccccc2)C1=O. The first kappa shape index (κ1) is 22.0. The molecule has 1 heterocycles. The molecule has 0 aliphatic carbocycles. The number of thiocarbonyl (C=S) groups is 1. The number of para-hydroxylation sites is 1. The Hall–Kier alpha value is -2.68. The van der Waals surface area contributed by atoms with Crippen LogP contribution in [0.2, 0.25) is 0 Å². The van der Waals surface area contributed by atoms with Crippen molar-refractivity contribution in [1.29, 1.82) is 0 Å². The average Bonchev–Trinajstić information content (AvgIpc) is 3.01. The van der Waals surface area contributed by atoms with Crippen LogP contribution in [-0.2, 0) is 16.0 Å². The molecule has 156 valence electrons. The van der Waals surface area contributed by atoms with Crippen molar-refractivity contribution in [1.82, 2.24) is 10.2 Å². The van der Waals surface area contributed by atoms with Crippen LogP contribution in [0.4, 0.5) is 0 Å². The first-order valence-corrected chi connectivity index (χ1v) is 10.6. The van der Waals surface area contributed by atoms with E-state index >= 15 is 0 Å². The Kier molecular flexibility index (Phi) is 7.62. The lowest BCUT2D eigenvalue weighted by molar-refractivity contribution is -0.129. The minimum atomic E-state index is -0.442. The third kappa shape index (κ3) is 5.47. The number of thioether (sulfide) groups is 1. The van der Waals surface area contributed by atoms with Gasteiger partial charge in [0.1, 0.15) is 16.6 Å². The quantitative estimate of drug-likeness (QED) is 0.483. The maximum Gasteiger partial charge on any atom is 0.266 e. The topological polar surface area (TPSA) is 78.9 Å². The third-order valence-electron chi connectivity index (χ3n) is 4.51. The maximum absolute atomic E-state index is 12.8. The number of carbonyl (C=O) groups is 2. The van der Waals surface area contributed by atoms with Gasteiger partial charge < -0.3 is 15.2 Å². The van der Waals surface area contributed by atoms with Gasteiger partial charge in [-0.1, -0.05) is 72.5 Å². The normalized spacial score (nSPS) is 16.1. The molecule has 2 aromatic carbocycles. The van der Waals surface area contributed by atoms with E-state index in [-0.39, 0.29) is 25.0 Å². The Balaban J connectivity index is 1.64. The fraction of sp³-hybridized carbons (Fsp3) is 0.227. The Morgan fingerprint density at radius 1 is 1.23 bits per heavy atom. The molecule has 2 amide bonds. The number of nitrogens with zero attached hydrogens (tertiary/aromatic N) is 1. The average molecular weight is 443 g/mol. The van der Waals surface area contributed by atoms with Crippen molar-refractivity contribution in [2.45, 2.75) is 12.5 Å². The van der Waals surface area contributed by atoms with Gasteiger partial charge in [0.05, 0.1) is 24.7 Å². The molecule has 1 unspecified atom stereocenters. The molecule has 2 N–H and O–H groups in total. The van der Waals surface area contributed by atoms with Gasteiger partial charge in [-0.2, -0.15) is 0 Å². The highest BCUT2D eigenvalue weighted by atomic mass is 32.2. The lowest BCUT2D eigenvalue weighted by Gasteiger charge is -2.19. The summed E-state index contributed by atoms with van der Waals surface area (Å²) < 4.78 is 5.63. The van der Waals surface area contributed by atoms with Crippen molar-refractivity contribution in [3.05, 3.63) is 70.6 Å². The van der Waals surface area contributed by atoms with Gasteiger partial charge in [-0.05, 0) is 24.1 Å². The van der Waals surface area contributed by atoms with Crippen molar-refractivity contribution in [3.8, 4) is 5.75 Å². The Morgan fingerprint density at radius 2 is 1.93 bits per heavy atom. The summed E-state index contributed by atoms with van der Waals surface area (Å²) in [5.41, 5.74) is 1.76. The van der Waals surface area contributed by atoms with E-state index in [0.29, 0.717) is 21.4 Å². The molecule has 3 rings (SSSR count). The van der Waals surface area contributed by atoms with Crippen LogP contribution in [0.5, 0.6) is 5.75 Å². The van der Waals surface area contributed by atoms with Gasteiger partial charge in [-0.15, -0.1) is 0 Å². The number of amides is 2. The van der Waals surface area contributed by atoms with Crippen molar-refractivity contribution in [2.75, 3.05) is 20.3 Å². The molecule has 1 aliphatic rings. The predicted molar refractivity (Wildman–Crippen MR) is 122 cm³/mol. The number of nitrogens with one attached hydrogen (secondary N) is 1. The fourth-order valence-electron chi connectivity index (χ4n) is 3.04. The van der Waals surface area contributed by atoms with Gasteiger partial charge >= 0.3 is 0 Å². The first-order chi connectivity index (χ1) is 14.5. The zero-order chi connectivity index (χ0) is 21.5. The minimum absolute atomic E-state index is 0.195. The second kappa shape index (κ2) is 10.4. The second-order valence-corrected chi connectivity index (χ2v) is 8.32. The number of ether oxygens (including phenoxy) is 1. The molecule has 2 aromatic rings. The van der Waals surface area contributed by atoms with Crippen LogP contribution >= 0.6 is 24.0 Å². The van der Waals surface area contributed by atoms with Crippen LogP contribution < -0.4 is 10.1 Å². The van der Waals surface area contributed by atoms with Gasteiger partial charge in [-0.25, -0.2) is 0 Å². The molecule has 6 nitrogen and oxygen atoms in total. The standard InChI is InChI=1S/C22H22N2O4S2/c1-28-18-10-6-5-9-16(18)12-19-21(27)24(22(29)30-19)13-20(26)23-17(14-25)11-15-7-3-2-4-8-15/h2-10,12,17,25H,11,13-14H2,1H3,(H,23,26). The number of benzene rings is 2. The molecule has 0 radical (unpaired) electrons. The monoisotopic (exact) mass is 442 g/mol. The molecule has 0 saturated carbocycles. The van der Waals surface area contributed by atoms with Crippen molar-refractivity contribution in [2.24, 2.45) is 0 Å². The summed E-state index contributed by atoms with van der Waals surface area (Å²) in [5, 5.41) is 12.4. The molecule has 8 heteroatoms. The van der Waals surface area contributed by atoms with E-state index in [1.165, 1.54) is 4.90 Å². The molecule has 1 atom stereocenters. The number of aliphatic hydroxyl groups is 1. The van der Waals surface area contributed by atoms with E-state index in [1.807, 2.05) is 54.6 Å². The summed E-state index contributed by atoms with van der Waals surface area (Å²) >= 11 is 6.45. The summed E-state index contributed by atoms with van der Waals surface area (Å²) in [7, 11) is 1.56. The lowest BCUT2D eigenvalue weighted by Crippen LogP contribution is -2.45. The summed E-state index contributed by atoms with van der Waals surface area (Å²) in [6.07, 6.45) is 2.21. The molecule has 0 aromatic heterocycles. The second-order valence-electron chi connectivity index (χ2n) is 6.65. The van der Waals surface area contributed by atoms with Crippen molar-refractivity contribution in [3.63, 3.8) is 0 Å². The number of carbonyl (C=O) groups excluding carboxylic acids is 2. The van der Waals surface area contributed by atoms with Crippen molar-refractivity contribution < 1.29 is 19.4 Å². The Morgan fingerprint density at radius 3 is 2.63 bits per heavy atom.